The summed E-state index contributed by atoms with van der Waals surface area (Å²) in [6, 6.07) is 21.9. The first-order chi connectivity index (χ1) is 11.7. The first-order valence-electron chi connectivity index (χ1n) is 7.47. The molecule has 0 radical (unpaired) electrons. The number of hydrogen-bond donors (Lipinski definition) is 0. The zero-order valence-corrected chi connectivity index (χ0v) is 14.4. The van der Waals surface area contributed by atoms with Gasteiger partial charge in [-0.1, -0.05) is 52.3 Å². The smallest absolute Gasteiger partial charge is 0.129 e. The van der Waals surface area contributed by atoms with Gasteiger partial charge in [-0.25, -0.2) is 4.39 Å². The molecule has 2 nitrogen and oxygen atoms in total. The standard InChI is InChI=1S/C20H15BrFNO/c21-17-10-11-20(24-14-15-6-4-5-9-19(15)22)16(12-17)13-23-18-7-2-1-3-8-18/h1-13H,14H2. The molecule has 3 rings (SSSR count). The Bertz CT molecular complexity index is 849. The number of halogens is 2. The highest BCUT2D eigenvalue weighted by molar-refractivity contribution is 9.10. The van der Waals surface area contributed by atoms with Crippen LogP contribution in [-0.2, 0) is 6.61 Å². The molecule has 3 aromatic rings. The summed E-state index contributed by atoms with van der Waals surface area (Å²) in [5.74, 6) is 0.384. The Morgan fingerprint density at radius 1 is 0.958 bits per heavy atom. The number of para-hydroxylation sites is 1. The molecule has 0 aliphatic heterocycles. The van der Waals surface area contributed by atoms with Gasteiger partial charge in [-0.05, 0) is 36.4 Å². The highest BCUT2D eigenvalue weighted by Crippen LogP contribution is 2.24. The van der Waals surface area contributed by atoms with Crippen molar-refractivity contribution in [2.45, 2.75) is 6.61 Å². The van der Waals surface area contributed by atoms with Crippen LogP contribution < -0.4 is 4.74 Å². The molecule has 120 valence electrons. The van der Waals surface area contributed by atoms with Crippen molar-refractivity contribution in [2.75, 3.05) is 0 Å². The number of rotatable bonds is 5. The molecular formula is C20H15BrFNO. The highest BCUT2D eigenvalue weighted by Gasteiger charge is 2.06. The summed E-state index contributed by atoms with van der Waals surface area (Å²) >= 11 is 3.45. The van der Waals surface area contributed by atoms with Crippen molar-refractivity contribution in [3.63, 3.8) is 0 Å². The normalized spacial score (nSPS) is 10.9. The van der Waals surface area contributed by atoms with E-state index < -0.39 is 0 Å². The van der Waals surface area contributed by atoms with Crippen molar-refractivity contribution in [3.05, 3.63) is 94.2 Å². The Morgan fingerprint density at radius 2 is 1.71 bits per heavy atom. The number of ether oxygens (including phenoxy) is 1. The van der Waals surface area contributed by atoms with Gasteiger partial charge in [-0.15, -0.1) is 0 Å². The van der Waals surface area contributed by atoms with Crippen LogP contribution in [0.15, 0.2) is 82.3 Å². The quantitative estimate of drug-likeness (QED) is 0.501. The maximum Gasteiger partial charge on any atom is 0.129 e. The lowest BCUT2D eigenvalue weighted by Crippen LogP contribution is -2.00. The fourth-order valence-corrected chi connectivity index (χ4v) is 2.56. The first kappa shape index (κ1) is 16.4. The number of aliphatic imine (C=N–C) groups is 1. The van der Waals surface area contributed by atoms with Gasteiger partial charge in [0, 0.05) is 21.8 Å². The van der Waals surface area contributed by atoms with Crippen LogP contribution in [0.2, 0.25) is 0 Å². The van der Waals surface area contributed by atoms with E-state index >= 15 is 0 Å². The molecule has 0 saturated heterocycles. The molecule has 0 amide bonds. The molecule has 3 aromatic carbocycles. The van der Waals surface area contributed by atoms with E-state index in [1.54, 1.807) is 24.4 Å². The SMILES string of the molecule is Fc1ccccc1COc1ccc(Br)cc1C=Nc1ccccc1. The molecule has 0 bridgehead atoms. The lowest BCUT2D eigenvalue weighted by molar-refractivity contribution is 0.299. The van der Waals surface area contributed by atoms with E-state index in [2.05, 4.69) is 20.9 Å². The van der Waals surface area contributed by atoms with Gasteiger partial charge >= 0.3 is 0 Å². The Labute approximate surface area is 148 Å². The monoisotopic (exact) mass is 383 g/mol. The van der Waals surface area contributed by atoms with Gasteiger partial charge in [-0.3, -0.25) is 4.99 Å². The molecule has 24 heavy (non-hydrogen) atoms. The van der Waals surface area contributed by atoms with E-state index in [-0.39, 0.29) is 12.4 Å². The average Bonchev–Trinajstić information content (AvgIpc) is 2.61. The van der Waals surface area contributed by atoms with Crippen LogP contribution in [0.5, 0.6) is 5.75 Å². The van der Waals surface area contributed by atoms with Crippen LogP contribution in [0.1, 0.15) is 11.1 Å². The predicted molar refractivity (Wildman–Crippen MR) is 98.6 cm³/mol. The highest BCUT2D eigenvalue weighted by atomic mass is 79.9. The topological polar surface area (TPSA) is 21.6 Å². The minimum atomic E-state index is -0.269. The summed E-state index contributed by atoms with van der Waals surface area (Å²) in [4.78, 5) is 4.45. The Morgan fingerprint density at radius 3 is 2.50 bits per heavy atom. The zero-order chi connectivity index (χ0) is 16.8. The van der Waals surface area contributed by atoms with Crippen molar-refractivity contribution in [2.24, 2.45) is 4.99 Å². The van der Waals surface area contributed by atoms with Crippen LogP contribution in [-0.4, -0.2) is 6.21 Å². The van der Waals surface area contributed by atoms with Crippen LogP contribution in [0.3, 0.4) is 0 Å². The lowest BCUT2D eigenvalue weighted by Gasteiger charge is -2.10. The molecule has 0 heterocycles. The van der Waals surface area contributed by atoms with Gasteiger partial charge in [0.05, 0.1) is 5.69 Å². The second-order valence-corrected chi connectivity index (χ2v) is 6.07. The summed E-state index contributed by atoms with van der Waals surface area (Å²) in [5, 5.41) is 0. The van der Waals surface area contributed by atoms with E-state index in [9.17, 15) is 4.39 Å². The van der Waals surface area contributed by atoms with Crippen LogP contribution in [0.25, 0.3) is 0 Å². The van der Waals surface area contributed by atoms with E-state index in [0.29, 0.717) is 11.3 Å². The van der Waals surface area contributed by atoms with Gasteiger partial charge in [0.15, 0.2) is 0 Å². The third-order valence-electron chi connectivity index (χ3n) is 3.42. The Hall–Kier alpha value is -2.46. The van der Waals surface area contributed by atoms with Crippen LogP contribution in [0.4, 0.5) is 10.1 Å². The molecule has 0 N–H and O–H groups in total. The van der Waals surface area contributed by atoms with Crippen molar-refractivity contribution < 1.29 is 9.13 Å². The summed E-state index contributed by atoms with van der Waals surface area (Å²) < 4.78 is 20.4. The molecular weight excluding hydrogens is 369 g/mol. The third-order valence-corrected chi connectivity index (χ3v) is 3.91. The van der Waals surface area contributed by atoms with Gasteiger partial charge in [0.25, 0.3) is 0 Å². The fourth-order valence-electron chi connectivity index (χ4n) is 2.18. The molecule has 0 aliphatic carbocycles. The predicted octanol–water partition coefficient (Wildman–Crippen LogP) is 5.92. The van der Waals surface area contributed by atoms with Crippen molar-refractivity contribution in [1.29, 1.82) is 0 Å². The Balaban J connectivity index is 1.81. The van der Waals surface area contributed by atoms with Crippen LogP contribution >= 0.6 is 15.9 Å². The second-order valence-electron chi connectivity index (χ2n) is 5.16. The van der Waals surface area contributed by atoms with Crippen molar-refractivity contribution in [3.8, 4) is 5.75 Å². The first-order valence-corrected chi connectivity index (χ1v) is 8.26. The van der Waals surface area contributed by atoms with Crippen molar-refractivity contribution in [1.82, 2.24) is 0 Å². The maximum atomic E-state index is 13.7. The molecule has 0 aliphatic rings. The molecule has 0 unspecified atom stereocenters. The average molecular weight is 384 g/mol. The van der Waals surface area contributed by atoms with Gasteiger partial charge < -0.3 is 4.74 Å². The van der Waals surface area contributed by atoms with Crippen LogP contribution in [0, 0.1) is 5.82 Å². The Kier molecular flexibility index (Phi) is 5.39. The fraction of sp³-hybridized carbons (Fsp3) is 0.0500. The number of benzene rings is 3. The van der Waals surface area contributed by atoms with E-state index in [1.165, 1.54) is 6.07 Å². The summed E-state index contributed by atoms with van der Waals surface area (Å²) in [5.41, 5.74) is 2.20. The maximum absolute atomic E-state index is 13.7. The lowest BCUT2D eigenvalue weighted by atomic mass is 10.2. The molecule has 0 saturated carbocycles. The molecule has 0 atom stereocenters. The zero-order valence-electron chi connectivity index (χ0n) is 12.8. The van der Waals surface area contributed by atoms with Gasteiger partial charge in [-0.2, -0.15) is 0 Å². The van der Waals surface area contributed by atoms with Crippen molar-refractivity contribution >= 4 is 27.8 Å². The largest absolute Gasteiger partial charge is 0.488 e. The number of hydrogen-bond acceptors (Lipinski definition) is 2. The third kappa shape index (κ3) is 4.30. The molecule has 0 aromatic heterocycles. The number of nitrogens with zero attached hydrogens (tertiary/aromatic N) is 1. The van der Waals surface area contributed by atoms with E-state index in [0.717, 1.165) is 15.7 Å². The van der Waals surface area contributed by atoms with E-state index in [1.807, 2.05) is 48.5 Å². The molecule has 0 spiro atoms. The van der Waals surface area contributed by atoms with Gasteiger partial charge in [0.1, 0.15) is 18.2 Å². The minimum Gasteiger partial charge on any atom is -0.488 e. The second kappa shape index (κ2) is 7.88. The minimum absolute atomic E-state index is 0.167. The van der Waals surface area contributed by atoms with Gasteiger partial charge in [0.2, 0.25) is 0 Å². The molecule has 0 fully saturated rings. The summed E-state index contributed by atoms with van der Waals surface area (Å²) in [6.07, 6.45) is 1.75. The summed E-state index contributed by atoms with van der Waals surface area (Å²) in [7, 11) is 0. The van der Waals surface area contributed by atoms with E-state index in [4.69, 9.17) is 4.74 Å². The molecule has 4 heteroatoms. The summed E-state index contributed by atoms with van der Waals surface area (Å²) in [6.45, 7) is 0.167.